The lowest BCUT2D eigenvalue weighted by Crippen LogP contribution is -2.31. The minimum absolute atomic E-state index is 0.0236. The monoisotopic (exact) mass is 443 g/mol. The summed E-state index contributed by atoms with van der Waals surface area (Å²) in [5, 5.41) is 16.7. The molecule has 0 heterocycles. The molecular formula is C23H29N3O6. The molecule has 2 aromatic rings. The Morgan fingerprint density at radius 2 is 1.72 bits per heavy atom. The largest absolute Gasteiger partial charge is 0.497 e. The maximum atomic E-state index is 12.5. The first-order valence-corrected chi connectivity index (χ1v) is 10.4. The molecule has 2 aromatic carbocycles. The summed E-state index contributed by atoms with van der Waals surface area (Å²) >= 11 is 0. The molecule has 9 nitrogen and oxygen atoms in total. The maximum Gasteiger partial charge on any atom is 0.308 e. The Balaban J connectivity index is 1.88. The van der Waals surface area contributed by atoms with Crippen molar-refractivity contribution in [2.24, 2.45) is 0 Å². The third-order valence-corrected chi connectivity index (χ3v) is 4.58. The van der Waals surface area contributed by atoms with E-state index in [0.29, 0.717) is 18.7 Å². The summed E-state index contributed by atoms with van der Waals surface area (Å²) < 4.78 is 10.4. The Labute approximate surface area is 187 Å². The third kappa shape index (κ3) is 8.25. The van der Waals surface area contributed by atoms with Crippen molar-refractivity contribution in [1.82, 2.24) is 5.32 Å². The van der Waals surface area contributed by atoms with E-state index in [1.165, 1.54) is 12.1 Å². The molecule has 0 aliphatic rings. The van der Waals surface area contributed by atoms with Crippen molar-refractivity contribution in [1.29, 1.82) is 0 Å². The molecule has 9 heteroatoms. The van der Waals surface area contributed by atoms with Crippen LogP contribution in [-0.4, -0.2) is 36.6 Å². The smallest absolute Gasteiger partial charge is 0.308 e. The Bertz CT molecular complexity index is 897. The van der Waals surface area contributed by atoms with Gasteiger partial charge in [0.25, 0.3) is 5.69 Å². The number of esters is 1. The predicted octanol–water partition coefficient (Wildman–Crippen LogP) is 3.99. The molecular weight excluding hydrogens is 414 g/mol. The standard InChI is InChI=1S/C23H29N3O6/c1-16(2)32-23(28)15-21(17-6-12-20(31-3)13-7-17)25-22(27)5-4-14-24-18-8-10-19(11-9-18)26(29)30/h6-13,16,21,24H,4-5,14-15H2,1-3H3,(H,25,27)/t21-/m0/s1. The van der Waals surface area contributed by atoms with Gasteiger partial charge in [0.05, 0.1) is 30.6 Å². The maximum absolute atomic E-state index is 12.5. The quantitative estimate of drug-likeness (QED) is 0.220. The van der Waals surface area contributed by atoms with Gasteiger partial charge >= 0.3 is 5.97 Å². The number of benzene rings is 2. The van der Waals surface area contributed by atoms with Crippen molar-refractivity contribution in [2.45, 2.75) is 45.3 Å². The van der Waals surface area contributed by atoms with Crippen LogP contribution < -0.4 is 15.4 Å². The van der Waals surface area contributed by atoms with E-state index in [4.69, 9.17) is 9.47 Å². The topological polar surface area (TPSA) is 120 Å². The number of non-ortho nitro benzene ring substituents is 1. The number of rotatable bonds is 12. The summed E-state index contributed by atoms with van der Waals surface area (Å²) in [4.78, 5) is 34.9. The number of nitrogens with zero attached hydrogens (tertiary/aromatic N) is 1. The van der Waals surface area contributed by atoms with Gasteiger partial charge in [-0.1, -0.05) is 12.1 Å². The van der Waals surface area contributed by atoms with Crippen LogP contribution in [0.2, 0.25) is 0 Å². The second kappa shape index (κ2) is 12.3. The molecule has 0 saturated heterocycles. The number of hydrogen-bond donors (Lipinski definition) is 2. The van der Waals surface area contributed by atoms with E-state index in [-0.39, 0.29) is 36.5 Å². The third-order valence-electron chi connectivity index (χ3n) is 4.58. The molecule has 2 rings (SSSR count). The Hall–Kier alpha value is -3.62. The Kier molecular flexibility index (Phi) is 9.46. The fraction of sp³-hybridized carbons (Fsp3) is 0.391. The molecule has 0 aliphatic carbocycles. The number of methoxy groups -OCH3 is 1. The number of nitrogens with one attached hydrogen (secondary N) is 2. The fourth-order valence-corrected chi connectivity index (χ4v) is 3.02. The number of anilines is 1. The molecule has 172 valence electrons. The molecule has 1 amide bonds. The number of hydrogen-bond acceptors (Lipinski definition) is 7. The molecule has 0 aromatic heterocycles. The molecule has 32 heavy (non-hydrogen) atoms. The number of carbonyl (C=O) groups is 2. The van der Waals surface area contributed by atoms with E-state index in [0.717, 1.165) is 11.3 Å². The molecule has 1 atom stereocenters. The van der Waals surface area contributed by atoms with Crippen molar-refractivity contribution in [3.8, 4) is 5.75 Å². The Morgan fingerprint density at radius 1 is 1.06 bits per heavy atom. The SMILES string of the molecule is COc1ccc([C@H](CC(=O)OC(C)C)NC(=O)CCCNc2ccc([N+](=O)[O-])cc2)cc1. The molecule has 0 aliphatic heterocycles. The molecule has 2 N–H and O–H groups in total. The number of nitro benzene ring substituents is 1. The van der Waals surface area contributed by atoms with Gasteiger partial charge in [-0.05, 0) is 50.1 Å². The van der Waals surface area contributed by atoms with Crippen molar-refractivity contribution >= 4 is 23.3 Å². The first-order chi connectivity index (χ1) is 15.3. The normalized spacial score (nSPS) is 11.5. The van der Waals surface area contributed by atoms with Gasteiger partial charge in [0.2, 0.25) is 5.91 Å². The first kappa shape index (κ1) is 24.6. The first-order valence-electron chi connectivity index (χ1n) is 10.4. The summed E-state index contributed by atoms with van der Waals surface area (Å²) in [6.45, 7) is 4.07. The average Bonchev–Trinajstić information content (AvgIpc) is 2.76. The van der Waals surface area contributed by atoms with Crippen molar-refractivity contribution in [2.75, 3.05) is 19.0 Å². The highest BCUT2D eigenvalue weighted by Gasteiger charge is 2.20. The predicted molar refractivity (Wildman–Crippen MR) is 121 cm³/mol. The fourth-order valence-electron chi connectivity index (χ4n) is 3.02. The lowest BCUT2D eigenvalue weighted by Gasteiger charge is -2.20. The summed E-state index contributed by atoms with van der Waals surface area (Å²) in [5.74, 6) is 0.107. The second-order valence-electron chi connectivity index (χ2n) is 7.47. The van der Waals surface area contributed by atoms with Crippen molar-refractivity contribution in [3.05, 3.63) is 64.2 Å². The lowest BCUT2D eigenvalue weighted by molar-refractivity contribution is -0.384. The minimum Gasteiger partial charge on any atom is -0.497 e. The lowest BCUT2D eigenvalue weighted by atomic mass is 10.0. The minimum atomic E-state index is -0.512. The summed E-state index contributed by atoms with van der Waals surface area (Å²) in [6.07, 6.45) is 0.595. The summed E-state index contributed by atoms with van der Waals surface area (Å²) in [6, 6.07) is 12.7. The van der Waals surface area contributed by atoms with Gasteiger partial charge in [0, 0.05) is 30.8 Å². The van der Waals surface area contributed by atoms with Gasteiger partial charge in [-0.25, -0.2) is 0 Å². The molecule has 0 radical (unpaired) electrons. The summed E-state index contributed by atoms with van der Waals surface area (Å²) in [5.41, 5.74) is 1.54. The van der Waals surface area contributed by atoms with E-state index in [9.17, 15) is 19.7 Å². The van der Waals surface area contributed by atoms with Crippen LogP contribution in [0.1, 0.15) is 44.7 Å². The zero-order chi connectivity index (χ0) is 23.5. The average molecular weight is 444 g/mol. The van der Waals surface area contributed by atoms with Crippen LogP contribution in [0.15, 0.2) is 48.5 Å². The number of ether oxygens (including phenoxy) is 2. The van der Waals surface area contributed by atoms with Crippen LogP contribution in [0.25, 0.3) is 0 Å². The van der Waals surface area contributed by atoms with Gasteiger partial charge in [-0.3, -0.25) is 19.7 Å². The van der Waals surface area contributed by atoms with Gasteiger partial charge in [-0.2, -0.15) is 0 Å². The van der Waals surface area contributed by atoms with Gasteiger partial charge in [0.1, 0.15) is 5.75 Å². The molecule has 0 spiro atoms. The van der Waals surface area contributed by atoms with E-state index >= 15 is 0 Å². The van der Waals surface area contributed by atoms with Crippen molar-refractivity contribution in [3.63, 3.8) is 0 Å². The second-order valence-corrected chi connectivity index (χ2v) is 7.47. The number of nitro groups is 1. The molecule has 0 bridgehead atoms. The van der Waals surface area contributed by atoms with E-state index in [2.05, 4.69) is 10.6 Å². The van der Waals surface area contributed by atoms with Gasteiger partial charge in [0.15, 0.2) is 0 Å². The van der Waals surface area contributed by atoms with Crippen molar-refractivity contribution < 1.29 is 24.0 Å². The van der Waals surface area contributed by atoms with Gasteiger partial charge in [-0.15, -0.1) is 0 Å². The van der Waals surface area contributed by atoms with E-state index in [1.807, 2.05) is 12.1 Å². The number of carbonyl (C=O) groups excluding carboxylic acids is 2. The van der Waals surface area contributed by atoms with Crippen LogP contribution >= 0.6 is 0 Å². The van der Waals surface area contributed by atoms with E-state index < -0.39 is 11.0 Å². The van der Waals surface area contributed by atoms with E-state index in [1.54, 1.807) is 45.2 Å². The zero-order valence-electron chi connectivity index (χ0n) is 18.5. The highest BCUT2D eigenvalue weighted by atomic mass is 16.6. The van der Waals surface area contributed by atoms with Crippen LogP contribution in [0.4, 0.5) is 11.4 Å². The molecule has 0 saturated carbocycles. The van der Waals surface area contributed by atoms with Crippen LogP contribution in [-0.2, 0) is 14.3 Å². The molecule has 0 unspecified atom stereocenters. The summed E-state index contributed by atoms with van der Waals surface area (Å²) in [7, 11) is 1.57. The molecule has 0 fully saturated rings. The van der Waals surface area contributed by atoms with Crippen LogP contribution in [0, 0.1) is 10.1 Å². The van der Waals surface area contributed by atoms with Crippen LogP contribution in [0.5, 0.6) is 5.75 Å². The highest BCUT2D eigenvalue weighted by Crippen LogP contribution is 2.21. The van der Waals surface area contributed by atoms with Crippen LogP contribution in [0.3, 0.4) is 0 Å². The van der Waals surface area contributed by atoms with Gasteiger partial charge < -0.3 is 20.1 Å². The Morgan fingerprint density at radius 3 is 2.28 bits per heavy atom. The number of amides is 1. The highest BCUT2D eigenvalue weighted by molar-refractivity contribution is 5.78. The zero-order valence-corrected chi connectivity index (χ0v) is 18.5.